The SMILES string of the molecule is CCc1cccc(OCCC(CN)c2ccc(F)cc2)c1. The van der Waals surface area contributed by atoms with Gasteiger partial charge in [-0.05, 0) is 60.7 Å². The lowest BCUT2D eigenvalue weighted by Crippen LogP contribution is -2.15. The molecule has 21 heavy (non-hydrogen) atoms. The third kappa shape index (κ3) is 4.57. The van der Waals surface area contributed by atoms with E-state index in [1.54, 1.807) is 12.1 Å². The zero-order chi connectivity index (χ0) is 15.1. The predicted molar refractivity (Wildman–Crippen MR) is 84.1 cm³/mol. The Morgan fingerprint density at radius 3 is 2.57 bits per heavy atom. The molecule has 0 aliphatic carbocycles. The summed E-state index contributed by atoms with van der Waals surface area (Å²) in [5.41, 5.74) is 8.14. The third-order valence-corrected chi connectivity index (χ3v) is 3.67. The monoisotopic (exact) mass is 287 g/mol. The van der Waals surface area contributed by atoms with Crippen LogP contribution in [0.4, 0.5) is 4.39 Å². The summed E-state index contributed by atoms with van der Waals surface area (Å²) >= 11 is 0. The van der Waals surface area contributed by atoms with Crippen molar-refractivity contribution in [2.75, 3.05) is 13.2 Å². The second kappa shape index (κ2) is 7.79. The first kappa shape index (κ1) is 15.5. The molecule has 0 saturated heterocycles. The van der Waals surface area contributed by atoms with E-state index in [0.29, 0.717) is 13.2 Å². The second-order valence-corrected chi connectivity index (χ2v) is 5.12. The largest absolute Gasteiger partial charge is 0.494 e. The van der Waals surface area contributed by atoms with Gasteiger partial charge in [-0.25, -0.2) is 4.39 Å². The Balaban J connectivity index is 1.89. The lowest BCUT2D eigenvalue weighted by Gasteiger charge is -2.16. The van der Waals surface area contributed by atoms with Crippen molar-refractivity contribution >= 4 is 0 Å². The van der Waals surface area contributed by atoms with Gasteiger partial charge in [-0.15, -0.1) is 0 Å². The number of rotatable bonds is 7. The number of hydrogen-bond acceptors (Lipinski definition) is 2. The maximum absolute atomic E-state index is 12.9. The summed E-state index contributed by atoms with van der Waals surface area (Å²) in [5, 5.41) is 0. The molecule has 1 atom stereocenters. The van der Waals surface area contributed by atoms with Crippen LogP contribution < -0.4 is 10.5 Å². The molecule has 2 aromatic carbocycles. The first-order valence-electron chi connectivity index (χ1n) is 7.40. The maximum atomic E-state index is 12.9. The Hall–Kier alpha value is -1.87. The molecule has 0 saturated carbocycles. The van der Waals surface area contributed by atoms with E-state index in [2.05, 4.69) is 19.1 Å². The number of aryl methyl sites for hydroxylation is 1. The number of hydrogen-bond donors (Lipinski definition) is 1. The Morgan fingerprint density at radius 1 is 1.14 bits per heavy atom. The van der Waals surface area contributed by atoms with E-state index in [0.717, 1.165) is 24.2 Å². The summed E-state index contributed by atoms with van der Waals surface area (Å²) in [7, 11) is 0. The molecule has 0 heterocycles. The van der Waals surface area contributed by atoms with Gasteiger partial charge in [0.1, 0.15) is 11.6 Å². The van der Waals surface area contributed by atoms with E-state index in [9.17, 15) is 4.39 Å². The highest BCUT2D eigenvalue weighted by atomic mass is 19.1. The van der Waals surface area contributed by atoms with E-state index in [1.807, 2.05) is 12.1 Å². The standard InChI is InChI=1S/C18H22FNO/c1-2-14-4-3-5-18(12-14)21-11-10-16(13-20)15-6-8-17(19)9-7-15/h3-9,12,16H,2,10-11,13,20H2,1H3. The molecule has 0 aromatic heterocycles. The molecular formula is C18H22FNO. The van der Waals surface area contributed by atoms with Crippen molar-refractivity contribution in [2.45, 2.75) is 25.7 Å². The highest BCUT2D eigenvalue weighted by Crippen LogP contribution is 2.20. The molecule has 2 nitrogen and oxygen atoms in total. The van der Waals surface area contributed by atoms with Crippen molar-refractivity contribution in [3.8, 4) is 5.75 Å². The van der Waals surface area contributed by atoms with E-state index in [-0.39, 0.29) is 11.7 Å². The van der Waals surface area contributed by atoms with Gasteiger partial charge in [-0.3, -0.25) is 0 Å². The summed E-state index contributed by atoms with van der Waals surface area (Å²) in [6.07, 6.45) is 1.82. The normalized spacial score (nSPS) is 12.1. The quantitative estimate of drug-likeness (QED) is 0.838. The van der Waals surface area contributed by atoms with E-state index < -0.39 is 0 Å². The highest BCUT2D eigenvalue weighted by Gasteiger charge is 2.10. The Bertz CT molecular complexity index is 553. The molecule has 0 spiro atoms. The third-order valence-electron chi connectivity index (χ3n) is 3.67. The molecular weight excluding hydrogens is 265 g/mol. The van der Waals surface area contributed by atoms with Crippen LogP contribution in [0.2, 0.25) is 0 Å². The summed E-state index contributed by atoms with van der Waals surface area (Å²) in [6.45, 7) is 3.26. The molecule has 0 bridgehead atoms. The molecule has 0 aliphatic rings. The fourth-order valence-corrected chi connectivity index (χ4v) is 2.33. The summed E-state index contributed by atoms with van der Waals surface area (Å²) in [5.74, 6) is 0.867. The zero-order valence-electron chi connectivity index (χ0n) is 12.4. The average molecular weight is 287 g/mol. The minimum absolute atomic E-state index is 0.194. The van der Waals surface area contributed by atoms with Gasteiger partial charge in [0.2, 0.25) is 0 Å². The molecule has 0 aliphatic heterocycles. The van der Waals surface area contributed by atoms with E-state index >= 15 is 0 Å². The molecule has 1 unspecified atom stereocenters. The van der Waals surface area contributed by atoms with Crippen molar-refractivity contribution in [2.24, 2.45) is 5.73 Å². The number of ether oxygens (including phenoxy) is 1. The van der Waals surface area contributed by atoms with Gasteiger partial charge < -0.3 is 10.5 Å². The van der Waals surface area contributed by atoms with Crippen molar-refractivity contribution in [3.05, 3.63) is 65.5 Å². The van der Waals surface area contributed by atoms with Crippen molar-refractivity contribution in [1.82, 2.24) is 0 Å². The number of nitrogens with two attached hydrogens (primary N) is 1. The Kier molecular flexibility index (Phi) is 5.76. The predicted octanol–water partition coefficient (Wildman–Crippen LogP) is 3.90. The van der Waals surface area contributed by atoms with Crippen LogP contribution in [0.3, 0.4) is 0 Å². The molecule has 112 valence electrons. The van der Waals surface area contributed by atoms with Crippen LogP contribution in [0, 0.1) is 5.82 Å². The minimum atomic E-state index is -0.220. The number of benzene rings is 2. The van der Waals surface area contributed by atoms with Gasteiger partial charge in [0.05, 0.1) is 6.61 Å². The van der Waals surface area contributed by atoms with Gasteiger partial charge in [0.25, 0.3) is 0 Å². The van der Waals surface area contributed by atoms with Crippen LogP contribution in [0.25, 0.3) is 0 Å². The van der Waals surface area contributed by atoms with Crippen LogP contribution in [0.5, 0.6) is 5.75 Å². The van der Waals surface area contributed by atoms with Gasteiger partial charge in [-0.1, -0.05) is 31.2 Å². The first-order chi connectivity index (χ1) is 10.2. The van der Waals surface area contributed by atoms with Crippen molar-refractivity contribution in [3.63, 3.8) is 0 Å². The maximum Gasteiger partial charge on any atom is 0.123 e. The lowest BCUT2D eigenvalue weighted by molar-refractivity contribution is 0.298. The van der Waals surface area contributed by atoms with Crippen LogP contribution in [0.15, 0.2) is 48.5 Å². The zero-order valence-corrected chi connectivity index (χ0v) is 12.4. The van der Waals surface area contributed by atoms with Crippen molar-refractivity contribution in [1.29, 1.82) is 0 Å². The van der Waals surface area contributed by atoms with Crippen LogP contribution >= 0.6 is 0 Å². The topological polar surface area (TPSA) is 35.2 Å². The Morgan fingerprint density at radius 2 is 1.90 bits per heavy atom. The van der Waals surface area contributed by atoms with Crippen molar-refractivity contribution < 1.29 is 9.13 Å². The molecule has 0 radical (unpaired) electrons. The van der Waals surface area contributed by atoms with E-state index in [4.69, 9.17) is 10.5 Å². The van der Waals surface area contributed by atoms with Gasteiger partial charge in [0.15, 0.2) is 0 Å². The number of halogens is 1. The fraction of sp³-hybridized carbons (Fsp3) is 0.333. The van der Waals surface area contributed by atoms with Crippen LogP contribution in [-0.4, -0.2) is 13.2 Å². The summed E-state index contributed by atoms with van der Waals surface area (Å²) in [4.78, 5) is 0. The second-order valence-electron chi connectivity index (χ2n) is 5.12. The fourth-order valence-electron chi connectivity index (χ4n) is 2.33. The lowest BCUT2D eigenvalue weighted by atomic mass is 9.96. The van der Waals surface area contributed by atoms with Crippen LogP contribution in [-0.2, 0) is 6.42 Å². The highest BCUT2D eigenvalue weighted by molar-refractivity contribution is 5.28. The minimum Gasteiger partial charge on any atom is -0.494 e. The molecule has 3 heteroatoms. The van der Waals surface area contributed by atoms with Gasteiger partial charge in [-0.2, -0.15) is 0 Å². The molecule has 0 amide bonds. The summed E-state index contributed by atoms with van der Waals surface area (Å²) < 4.78 is 18.7. The van der Waals surface area contributed by atoms with Crippen LogP contribution in [0.1, 0.15) is 30.4 Å². The first-order valence-corrected chi connectivity index (χ1v) is 7.40. The Labute approximate surface area is 125 Å². The van der Waals surface area contributed by atoms with E-state index in [1.165, 1.54) is 17.7 Å². The molecule has 2 N–H and O–H groups in total. The average Bonchev–Trinajstić information content (AvgIpc) is 2.53. The molecule has 2 rings (SSSR count). The smallest absolute Gasteiger partial charge is 0.123 e. The summed E-state index contributed by atoms with van der Waals surface area (Å²) in [6, 6.07) is 14.7. The van der Waals surface area contributed by atoms with Gasteiger partial charge >= 0.3 is 0 Å². The molecule has 2 aromatic rings. The van der Waals surface area contributed by atoms with Gasteiger partial charge in [0, 0.05) is 0 Å². The molecule has 0 fully saturated rings.